The van der Waals surface area contributed by atoms with Crippen molar-refractivity contribution < 1.29 is 0 Å². The molecule has 15 heavy (non-hydrogen) atoms. The van der Waals surface area contributed by atoms with Gasteiger partial charge in [-0.1, -0.05) is 13.8 Å². The van der Waals surface area contributed by atoms with Crippen LogP contribution in [0.25, 0.3) is 0 Å². The van der Waals surface area contributed by atoms with Crippen LogP contribution in [-0.4, -0.2) is 50.1 Å². The molecule has 0 aliphatic carbocycles. The van der Waals surface area contributed by atoms with Gasteiger partial charge in [0.1, 0.15) is 0 Å². The minimum atomic E-state index is 0.521. The first-order valence-corrected chi connectivity index (χ1v) is 7.38. The van der Waals surface area contributed by atoms with Gasteiger partial charge in [-0.15, -0.1) is 0 Å². The van der Waals surface area contributed by atoms with Crippen molar-refractivity contribution in [2.24, 2.45) is 11.3 Å². The van der Waals surface area contributed by atoms with Crippen LogP contribution in [0.4, 0.5) is 0 Å². The van der Waals surface area contributed by atoms with Crippen LogP contribution >= 0.6 is 11.8 Å². The highest BCUT2D eigenvalue weighted by molar-refractivity contribution is 7.98. The molecule has 1 aliphatic heterocycles. The van der Waals surface area contributed by atoms with Crippen LogP contribution in [0.15, 0.2) is 0 Å². The van der Waals surface area contributed by atoms with E-state index in [1.165, 1.54) is 38.4 Å². The third kappa shape index (κ3) is 3.65. The fraction of sp³-hybridized carbons (Fsp3) is 1.00. The number of thioether (sulfide) groups is 1. The number of rotatable bonds is 6. The topological polar surface area (TPSA) is 15.3 Å². The summed E-state index contributed by atoms with van der Waals surface area (Å²) in [5, 5.41) is 3.52. The van der Waals surface area contributed by atoms with Crippen LogP contribution in [0.3, 0.4) is 0 Å². The maximum Gasteiger partial charge on any atom is 0.00694 e. The fourth-order valence-electron chi connectivity index (χ4n) is 2.44. The monoisotopic (exact) mass is 230 g/mol. The van der Waals surface area contributed by atoms with Crippen LogP contribution in [0.2, 0.25) is 0 Å². The summed E-state index contributed by atoms with van der Waals surface area (Å²) in [5.41, 5.74) is 0.521. The molecule has 0 amide bonds. The highest BCUT2D eigenvalue weighted by atomic mass is 32.2. The van der Waals surface area contributed by atoms with Crippen molar-refractivity contribution in [3.63, 3.8) is 0 Å². The third-order valence-corrected chi connectivity index (χ3v) is 4.35. The second kappa shape index (κ2) is 6.12. The molecule has 2 nitrogen and oxygen atoms in total. The van der Waals surface area contributed by atoms with Gasteiger partial charge in [-0.2, -0.15) is 11.8 Å². The lowest BCUT2D eigenvalue weighted by Crippen LogP contribution is -2.41. The molecule has 0 aromatic rings. The highest BCUT2D eigenvalue weighted by Crippen LogP contribution is 2.34. The summed E-state index contributed by atoms with van der Waals surface area (Å²) in [4.78, 5) is 2.50. The Balaban J connectivity index is 2.44. The van der Waals surface area contributed by atoms with Gasteiger partial charge in [-0.05, 0) is 37.6 Å². The van der Waals surface area contributed by atoms with Crippen molar-refractivity contribution in [3.8, 4) is 0 Å². The van der Waals surface area contributed by atoms with Crippen molar-refractivity contribution in [1.82, 2.24) is 10.2 Å². The number of nitrogens with one attached hydrogen (secondary N) is 1. The lowest BCUT2D eigenvalue weighted by molar-refractivity contribution is 0.140. The quantitative estimate of drug-likeness (QED) is 0.750. The summed E-state index contributed by atoms with van der Waals surface area (Å²) < 4.78 is 0. The molecule has 1 N–H and O–H groups in total. The predicted molar refractivity (Wildman–Crippen MR) is 70.6 cm³/mol. The molecule has 0 spiro atoms. The average molecular weight is 230 g/mol. The summed E-state index contributed by atoms with van der Waals surface area (Å²) in [6, 6.07) is 0. The van der Waals surface area contributed by atoms with Crippen LogP contribution in [0, 0.1) is 11.3 Å². The van der Waals surface area contributed by atoms with E-state index >= 15 is 0 Å². The van der Waals surface area contributed by atoms with Crippen LogP contribution in [0.5, 0.6) is 0 Å². The van der Waals surface area contributed by atoms with Gasteiger partial charge in [-0.3, -0.25) is 0 Å². The molecular formula is C12H26N2S. The molecule has 1 aliphatic rings. The van der Waals surface area contributed by atoms with E-state index in [1.54, 1.807) is 0 Å². The molecule has 90 valence electrons. The molecule has 0 bridgehead atoms. The zero-order valence-corrected chi connectivity index (χ0v) is 11.5. The van der Waals surface area contributed by atoms with Crippen molar-refractivity contribution >= 4 is 11.8 Å². The molecule has 1 heterocycles. The fourth-order valence-corrected chi connectivity index (χ4v) is 2.93. The lowest BCUT2D eigenvalue weighted by atomic mass is 9.76. The minimum Gasteiger partial charge on any atom is -0.316 e. The van der Waals surface area contributed by atoms with Crippen molar-refractivity contribution in [3.05, 3.63) is 0 Å². The Morgan fingerprint density at radius 2 is 2.20 bits per heavy atom. The summed E-state index contributed by atoms with van der Waals surface area (Å²) in [7, 11) is 2.26. The van der Waals surface area contributed by atoms with Crippen LogP contribution < -0.4 is 5.32 Å². The molecule has 1 rings (SSSR count). The van der Waals surface area contributed by atoms with Crippen molar-refractivity contribution in [2.75, 3.05) is 45.2 Å². The molecular weight excluding hydrogens is 204 g/mol. The van der Waals surface area contributed by atoms with Gasteiger partial charge >= 0.3 is 0 Å². The van der Waals surface area contributed by atoms with E-state index in [0.717, 1.165) is 5.92 Å². The Kier molecular flexibility index (Phi) is 5.44. The van der Waals surface area contributed by atoms with Gasteiger partial charge in [0.05, 0.1) is 0 Å². The Labute approximate surface area is 99.2 Å². The molecule has 0 aromatic carbocycles. The van der Waals surface area contributed by atoms with Crippen molar-refractivity contribution in [1.29, 1.82) is 0 Å². The van der Waals surface area contributed by atoms with Gasteiger partial charge in [0.25, 0.3) is 0 Å². The second-order valence-electron chi connectivity index (χ2n) is 5.17. The normalized spacial score (nSPS) is 26.8. The second-order valence-corrected chi connectivity index (χ2v) is 6.16. The maximum absolute atomic E-state index is 3.52. The van der Waals surface area contributed by atoms with E-state index in [2.05, 4.69) is 37.4 Å². The van der Waals surface area contributed by atoms with Crippen LogP contribution in [0.1, 0.15) is 20.3 Å². The van der Waals surface area contributed by atoms with E-state index in [1.807, 2.05) is 11.8 Å². The zero-order chi connectivity index (χ0) is 11.3. The SMILES string of the molecule is CSCCN(C)CC1(C(C)C)CCNC1. The smallest absolute Gasteiger partial charge is 0.00694 e. The van der Waals surface area contributed by atoms with Gasteiger partial charge in [-0.25, -0.2) is 0 Å². The first kappa shape index (κ1) is 13.3. The molecule has 0 radical (unpaired) electrons. The molecule has 1 atom stereocenters. The third-order valence-electron chi connectivity index (χ3n) is 3.76. The van der Waals surface area contributed by atoms with Gasteiger partial charge < -0.3 is 10.2 Å². The zero-order valence-electron chi connectivity index (χ0n) is 10.7. The molecule has 1 saturated heterocycles. The van der Waals surface area contributed by atoms with Crippen molar-refractivity contribution in [2.45, 2.75) is 20.3 Å². The van der Waals surface area contributed by atoms with E-state index < -0.39 is 0 Å². The summed E-state index contributed by atoms with van der Waals surface area (Å²) in [6.07, 6.45) is 3.53. The molecule has 0 saturated carbocycles. The number of hydrogen-bond acceptors (Lipinski definition) is 3. The van der Waals surface area contributed by atoms with E-state index in [9.17, 15) is 0 Å². The Morgan fingerprint density at radius 1 is 1.47 bits per heavy atom. The first-order valence-electron chi connectivity index (χ1n) is 5.99. The standard InChI is InChI=1S/C12H26N2S/c1-11(2)12(5-6-13-9-12)10-14(3)7-8-15-4/h11,13H,5-10H2,1-4H3. The molecule has 1 unspecified atom stereocenters. The summed E-state index contributed by atoms with van der Waals surface area (Å²) in [6.45, 7) is 9.61. The maximum atomic E-state index is 3.52. The van der Waals surface area contributed by atoms with E-state index in [0.29, 0.717) is 5.41 Å². The summed E-state index contributed by atoms with van der Waals surface area (Å²) >= 11 is 1.94. The van der Waals surface area contributed by atoms with Gasteiger partial charge in [0.2, 0.25) is 0 Å². The predicted octanol–water partition coefficient (Wildman–Crippen LogP) is 1.92. The molecule has 0 aromatic heterocycles. The molecule has 3 heteroatoms. The Hall–Kier alpha value is 0.270. The number of nitrogens with zero attached hydrogens (tertiary/aromatic N) is 1. The highest BCUT2D eigenvalue weighted by Gasteiger charge is 2.37. The van der Waals surface area contributed by atoms with Gasteiger partial charge in [0.15, 0.2) is 0 Å². The van der Waals surface area contributed by atoms with Crippen LogP contribution in [-0.2, 0) is 0 Å². The first-order chi connectivity index (χ1) is 7.10. The Bertz CT molecular complexity index is 176. The molecule has 1 fully saturated rings. The lowest BCUT2D eigenvalue weighted by Gasteiger charge is -2.36. The van der Waals surface area contributed by atoms with E-state index in [4.69, 9.17) is 0 Å². The average Bonchev–Trinajstić information content (AvgIpc) is 2.64. The minimum absolute atomic E-state index is 0.521. The number of hydrogen-bond donors (Lipinski definition) is 1. The largest absolute Gasteiger partial charge is 0.316 e. The van der Waals surface area contributed by atoms with Gasteiger partial charge in [0, 0.05) is 25.4 Å². The summed E-state index contributed by atoms with van der Waals surface area (Å²) in [5.74, 6) is 2.03. The van der Waals surface area contributed by atoms with E-state index in [-0.39, 0.29) is 0 Å². The Morgan fingerprint density at radius 3 is 2.67 bits per heavy atom.